The topological polar surface area (TPSA) is 58.9 Å². The molecule has 0 radical (unpaired) electrons. The zero-order chi connectivity index (χ0) is 34.4. The van der Waals surface area contributed by atoms with Crippen molar-refractivity contribution in [2.24, 2.45) is 15.7 Å². The van der Waals surface area contributed by atoms with E-state index >= 15 is 0 Å². The van der Waals surface area contributed by atoms with Crippen molar-refractivity contribution < 1.29 is 0 Å². The first kappa shape index (κ1) is 30.6. The summed E-state index contributed by atoms with van der Waals surface area (Å²) in [4.78, 5) is 12.3. The molecule has 2 N–H and O–H groups in total. The molecule has 1 aliphatic carbocycles. The van der Waals surface area contributed by atoms with Gasteiger partial charge in [-0.05, 0) is 78.2 Å². The highest BCUT2D eigenvalue weighted by Gasteiger charge is 2.52. The van der Waals surface area contributed by atoms with Crippen LogP contribution in [0.3, 0.4) is 0 Å². The number of aromatic nitrogens is 1. The largest absolute Gasteiger partial charge is 0.383 e. The van der Waals surface area contributed by atoms with Gasteiger partial charge in [0.25, 0.3) is 0 Å². The molecule has 6 aromatic carbocycles. The third kappa shape index (κ3) is 5.09. The molecule has 246 valence electrons. The monoisotopic (exact) mass is 659 g/mol. The van der Waals surface area contributed by atoms with Crippen molar-refractivity contribution in [3.05, 3.63) is 203 Å². The van der Waals surface area contributed by atoms with Gasteiger partial charge in [-0.25, -0.2) is 4.99 Å². The Labute approximate surface area is 298 Å². The Hall–Kier alpha value is -6.46. The molecular weight excluding hydrogens is 623 g/mol. The van der Waals surface area contributed by atoms with Gasteiger partial charge in [-0.2, -0.15) is 0 Å². The summed E-state index contributed by atoms with van der Waals surface area (Å²) < 4.78 is 2.39. The van der Waals surface area contributed by atoms with Crippen molar-refractivity contribution >= 4 is 40.4 Å². The molecule has 3 atom stereocenters. The highest BCUT2D eigenvalue weighted by atomic mass is 15.2. The van der Waals surface area contributed by atoms with Crippen molar-refractivity contribution in [1.82, 2.24) is 4.57 Å². The molecule has 2 heterocycles. The van der Waals surface area contributed by atoms with Gasteiger partial charge in [0.05, 0.1) is 16.7 Å². The fourth-order valence-corrected chi connectivity index (χ4v) is 8.11. The lowest BCUT2D eigenvalue weighted by molar-refractivity contribution is 0.461. The minimum absolute atomic E-state index is 0.196. The third-order valence-electron chi connectivity index (χ3n) is 10.4. The van der Waals surface area contributed by atoms with Crippen LogP contribution in [0, 0.1) is 0 Å². The first-order valence-corrected chi connectivity index (χ1v) is 17.4. The molecule has 7 aromatic rings. The lowest BCUT2D eigenvalue weighted by atomic mass is 9.73. The van der Waals surface area contributed by atoms with Crippen LogP contribution in [0.2, 0.25) is 0 Å². The van der Waals surface area contributed by atoms with Gasteiger partial charge in [0.15, 0.2) is 6.17 Å². The van der Waals surface area contributed by atoms with Crippen LogP contribution in [0.1, 0.15) is 52.5 Å². The summed E-state index contributed by atoms with van der Waals surface area (Å²) in [5.41, 5.74) is 17.8. The molecule has 5 nitrogen and oxygen atoms in total. The van der Waals surface area contributed by atoms with Crippen molar-refractivity contribution in [2.75, 3.05) is 4.90 Å². The Morgan fingerprint density at radius 3 is 2.12 bits per heavy atom. The molecule has 0 saturated heterocycles. The normalized spacial score (nSPS) is 18.5. The van der Waals surface area contributed by atoms with Gasteiger partial charge in [0, 0.05) is 45.7 Å². The molecule has 1 aromatic heterocycles. The Morgan fingerprint density at radius 1 is 0.706 bits per heavy atom. The molecule has 0 fully saturated rings. The number of aliphatic imine (C=N–C) groups is 2. The van der Waals surface area contributed by atoms with Crippen molar-refractivity contribution in [1.29, 1.82) is 0 Å². The predicted molar refractivity (Wildman–Crippen MR) is 211 cm³/mol. The number of rotatable bonds is 7. The van der Waals surface area contributed by atoms with Gasteiger partial charge in [-0.3, -0.25) is 4.99 Å². The molecule has 5 heteroatoms. The van der Waals surface area contributed by atoms with E-state index in [1.54, 1.807) is 0 Å². The predicted octanol–water partition coefficient (Wildman–Crippen LogP) is 10.3. The fraction of sp³-hybridized carbons (Fsp3) is 0.0870. The summed E-state index contributed by atoms with van der Waals surface area (Å²) >= 11 is 0. The van der Waals surface area contributed by atoms with Crippen LogP contribution in [-0.4, -0.2) is 16.6 Å². The molecule has 0 saturated carbocycles. The quantitative estimate of drug-likeness (QED) is 0.137. The van der Waals surface area contributed by atoms with Crippen molar-refractivity contribution in [2.45, 2.75) is 24.5 Å². The number of para-hydroxylation sites is 3. The average Bonchev–Trinajstić information content (AvgIpc) is 3.67. The molecule has 1 aliphatic heterocycles. The molecule has 9 rings (SSSR count). The van der Waals surface area contributed by atoms with Gasteiger partial charge < -0.3 is 15.2 Å². The van der Waals surface area contributed by atoms with Crippen LogP contribution in [0.4, 0.5) is 11.4 Å². The van der Waals surface area contributed by atoms with Crippen molar-refractivity contribution in [3.8, 4) is 5.69 Å². The first-order valence-electron chi connectivity index (χ1n) is 17.4. The molecular formula is C46H37N5. The van der Waals surface area contributed by atoms with Crippen LogP contribution in [0.15, 0.2) is 180 Å². The third-order valence-corrected chi connectivity index (χ3v) is 10.4. The van der Waals surface area contributed by atoms with E-state index < -0.39 is 6.17 Å². The van der Waals surface area contributed by atoms with Gasteiger partial charge in [0.2, 0.25) is 0 Å². The lowest BCUT2D eigenvalue weighted by Gasteiger charge is -2.43. The summed E-state index contributed by atoms with van der Waals surface area (Å²) in [6, 6.07) is 57.0. The van der Waals surface area contributed by atoms with E-state index in [0.29, 0.717) is 5.84 Å². The number of hydrogen-bond acceptors (Lipinski definition) is 3. The van der Waals surface area contributed by atoms with Crippen LogP contribution in [-0.2, 0) is 5.54 Å². The van der Waals surface area contributed by atoms with E-state index in [-0.39, 0.29) is 11.5 Å². The molecule has 2 aliphatic rings. The minimum Gasteiger partial charge on any atom is -0.383 e. The number of fused-ring (bicyclic) bond motifs is 7. The lowest BCUT2D eigenvalue weighted by Crippen LogP contribution is -2.42. The molecule has 3 unspecified atom stereocenters. The maximum atomic E-state index is 6.71. The standard InChI is InChI=1S/C46H37N5/c1-46-39(37-21-11-14-24-41(37)51(46)36-19-9-4-10-20-36)29-30-42-43(46)38-22-12-13-23-40(38)50(42)35-27-25-33(26-28-35)44(47)49-45(34-17-7-3-8-18-34)48-31-32-15-5-2-6-16-32/h2-31,39,45H,1H3,(H2,47,49). The zero-order valence-electron chi connectivity index (χ0n) is 28.3. The number of amidine groups is 1. The summed E-state index contributed by atoms with van der Waals surface area (Å²) in [5.74, 6) is 0.638. The number of hydrogen-bond donors (Lipinski definition) is 1. The van der Waals surface area contributed by atoms with Crippen LogP contribution in [0.25, 0.3) is 22.7 Å². The Morgan fingerprint density at radius 2 is 1.35 bits per heavy atom. The molecule has 0 bridgehead atoms. The average molecular weight is 660 g/mol. The van der Waals surface area contributed by atoms with Gasteiger partial charge in [-0.15, -0.1) is 0 Å². The Balaban J connectivity index is 1.13. The minimum atomic E-state index is -0.464. The number of benzene rings is 6. The smallest absolute Gasteiger partial charge is 0.167 e. The molecule has 0 amide bonds. The SMILES string of the molecule is CC12c3c(n(-c4ccc(C(N)=NC(N=Cc5ccccc5)c5ccccc5)cc4)c4ccccc34)C=CC1c1ccccc1N2c1ccccc1. The van der Waals surface area contributed by atoms with E-state index in [1.807, 2.05) is 66.9 Å². The van der Waals surface area contributed by atoms with Crippen molar-refractivity contribution in [3.63, 3.8) is 0 Å². The van der Waals surface area contributed by atoms with Gasteiger partial charge >= 0.3 is 0 Å². The summed E-state index contributed by atoms with van der Waals surface area (Å²) in [7, 11) is 0. The van der Waals surface area contributed by atoms with E-state index in [2.05, 4.69) is 132 Å². The molecule has 51 heavy (non-hydrogen) atoms. The van der Waals surface area contributed by atoms with Crippen LogP contribution < -0.4 is 10.6 Å². The van der Waals surface area contributed by atoms with E-state index in [4.69, 9.17) is 15.7 Å². The number of nitrogens with zero attached hydrogens (tertiary/aromatic N) is 4. The van der Waals surface area contributed by atoms with E-state index in [1.165, 1.54) is 39.1 Å². The fourth-order valence-electron chi connectivity index (χ4n) is 8.11. The maximum absolute atomic E-state index is 6.71. The summed E-state index contributed by atoms with van der Waals surface area (Å²) in [6.07, 6.45) is 6.12. The number of anilines is 2. The molecule has 0 spiro atoms. The second kappa shape index (κ2) is 12.5. The number of nitrogens with two attached hydrogens (primary N) is 1. The second-order valence-corrected chi connectivity index (χ2v) is 13.4. The summed E-state index contributed by atoms with van der Waals surface area (Å²) in [6.45, 7) is 2.41. The van der Waals surface area contributed by atoms with E-state index in [9.17, 15) is 0 Å². The highest BCUT2D eigenvalue weighted by Crippen LogP contribution is 2.61. The first-order chi connectivity index (χ1) is 25.1. The summed E-state index contributed by atoms with van der Waals surface area (Å²) in [5, 5.41) is 1.25. The Bertz CT molecular complexity index is 2440. The second-order valence-electron chi connectivity index (χ2n) is 13.4. The Kier molecular flexibility index (Phi) is 7.47. The van der Waals surface area contributed by atoms with E-state index in [0.717, 1.165) is 22.4 Å². The highest BCUT2D eigenvalue weighted by molar-refractivity contribution is 5.98. The van der Waals surface area contributed by atoms with Crippen LogP contribution >= 0.6 is 0 Å². The maximum Gasteiger partial charge on any atom is 0.167 e. The zero-order valence-corrected chi connectivity index (χ0v) is 28.3. The van der Waals surface area contributed by atoms with Crippen LogP contribution in [0.5, 0.6) is 0 Å². The van der Waals surface area contributed by atoms with Gasteiger partial charge in [-0.1, -0.05) is 121 Å². The van der Waals surface area contributed by atoms with Gasteiger partial charge in [0.1, 0.15) is 5.84 Å².